The molecule has 0 saturated heterocycles. The number of carbonyl (C=O) groups is 1. The zero-order valence-corrected chi connectivity index (χ0v) is 14.1. The van der Waals surface area contributed by atoms with E-state index in [4.69, 9.17) is 0 Å². The Morgan fingerprint density at radius 3 is 2.54 bits per heavy atom. The molecule has 1 amide bonds. The summed E-state index contributed by atoms with van der Waals surface area (Å²) in [5.74, 6) is -0.0187. The fourth-order valence-corrected chi connectivity index (χ4v) is 2.94. The standard InChI is InChI=1S/C21H18N4O/c26-20(12-18-14-24-19-2-1-9-23-21(18)19)25-13-15-3-5-16(6-4-15)17-7-10-22-11-8-17/h1-11,14,24H,12-13H2,(H,25,26). The second-order valence-corrected chi connectivity index (χ2v) is 6.10. The molecule has 0 unspecified atom stereocenters. The van der Waals surface area contributed by atoms with Crippen LogP contribution in [-0.2, 0) is 17.8 Å². The molecule has 0 atom stereocenters. The van der Waals surface area contributed by atoms with Crippen molar-refractivity contribution in [2.24, 2.45) is 0 Å². The molecule has 0 aliphatic rings. The van der Waals surface area contributed by atoms with Crippen LogP contribution in [0.2, 0.25) is 0 Å². The topological polar surface area (TPSA) is 70.7 Å². The quantitative estimate of drug-likeness (QED) is 0.583. The third-order valence-corrected chi connectivity index (χ3v) is 4.32. The molecule has 1 aromatic carbocycles. The van der Waals surface area contributed by atoms with Gasteiger partial charge in [-0.2, -0.15) is 0 Å². The lowest BCUT2D eigenvalue weighted by molar-refractivity contribution is -0.120. The first-order valence-electron chi connectivity index (χ1n) is 8.46. The summed E-state index contributed by atoms with van der Waals surface area (Å²) in [6, 6.07) is 16.0. The van der Waals surface area contributed by atoms with Crippen molar-refractivity contribution < 1.29 is 4.79 Å². The third-order valence-electron chi connectivity index (χ3n) is 4.32. The maximum Gasteiger partial charge on any atom is 0.224 e. The van der Waals surface area contributed by atoms with Gasteiger partial charge in [-0.15, -0.1) is 0 Å². The number of fused-ring (bicyclic) bond motifs is 1. The highest BCUT2D eigenvalue weighted by molar-refractivity contribution is 5.86. The molecule has 0 radical (unpaired) electrons. The van der Waals surface area contributed by atoms with E-state index in [9.17, 15) is 4.79 Å². The van der Waals surface area contributed by atoms with Crippen molar-refractivity contribution in [2.75, 3.05) is 0 Å². The van der Waals surface area contributed by atoms with Crippen LogP contribution in [0.1, 0.15) is 11.1 Å². The second kappa shape index (κ2) is 7.19. The van der Waals surface area contributed by atoms with Gasteiger partial charge < -0.3 is 10.3 Å². The molecule has 5 heteroatoms. The van der Waals surface area contributed by atoms with E-state index in [1.807, 2.05) is 42.6 Å². The first kappa shape index (κ1) is 16.0. The molecule has 128 valence electrons. The Kier molecular flexibility index (Phi) is 4.43. The van der Waals surface area contributed by atoms with Gasteiger partial charge in [-0.1, -0.05) is 24.3 Å². The van der Waals surface area contributed by atoms with Gasteiger partial charge in [0.05, 0.1) is 17.5 Å². The highest BCUT2D eigenvalue weighted by Gasteiger charge is 2.09. The predicted octanol–water partition coefficient (Wildman–Crippen LogP) is 3.48. The molecule has 0 spiro atoms. The number of rotatable bonds is 5. The van der Waals surface area contributed by atoms with Crippen LogP contribution in [0, 0.1) is 0 Å². The van der Waals surface area contributed by atoms with Crippen molar-refractivity contribution in [3.8, 4) is 11.1 Å². The van der Waals surface area contributed by atoms with Crippen molar-refractivity contribution in [1.82, 2.24) is 20.3 Å². The molecular weight excluding hydrogens is 324 g/mol. The van der Waals surface area contributed by atoms with E-state index < -0.39 is 0 Å². The molecule has 0 aliphatic carbocycles. The summed E-state index contributed by atoms with van der Waals surface area (Å²) >= 11 is 0. The lowest BCUT2D eigenvalue weighted by Crippen LogP contribution is -2.24. The molecule has 0 fully saturated rings. The van der Waals surface area contributed by atoms with Crippen molar-refractivity contribution >= 4 is 16.9 Å². The second-order valence-electron chi connectivity index (χ2n) is 6.10. The number of nitrogens with one attached hydrogen (secondary N) is 2. The number of H-pyrrole nitrogens is 1. The molecule has 0 saturated carbocycles. The SMILES string of the molecule is O=C(Cc1c[nH]c2cccnc12)NCc1ccc(-c2ccncc2)cc1. The van der Waals surface area contributed by atoms with E-state index in [1.54, 1.807) is 18.6 Å². The van der Waals surface area contributed by atoms with Gasteiger partial charge in [0, 0.05) is 36.9 Å². The normalized spacial score (nSPS) is 10.8. The number of hydrogen-bond donors (Lipinski definition) is 2. The zero-order valence-electron chi connectivity index (χ0n) is 14.1. The Labute approximate surface area is 151 Å². The van der Waals surface area contributed by atoms with E-state index in [0.29, 0.717) is 13.0 Å². The number of aromatic nitrogens is 3. The highest BCUT2D eigenvalue weighted by Crippen LogP contribution is 2.19. The number of pyridine rings is 2. The van der Waals surface area contributed by atoms with Crippen molar-refractivity contribution in [1.29, 1.82) is 0 Å². The van der Waals surface area contributed by atoms with Crippen LogP contribution in [0.5, 0.6) is 0 Å². The molecule has 26 heavy (non-hydrogen) atoms. The summed E-state index contributed by atoms with van der Waals surface area (Å²) in [6.07, 6.45) is 7.46. The molecular formula is C21H18N4O. The Hall–Kier alpha value is -3.47. The Morgan fingerprint density at radius 2 is 1.73 bits per heavy atom. The van der Waals surface area contributed by atoms with Crippen LogP contribution in [0.4, 0.5) is 0 Å². The van der Waals surface area contributed by atoms with E-state index >= 15 is 0 Å². The lowest BCUT2D eigenvalue weighted by atomic mass is 10.1. The number of aromatic amines is 1. The van der Waals surface area contributed by atoms with Gasteiger partial charge in [0.2, 0.25) is 5.91 Å². The first-order chi connectivity index (χ1) is 12.8. The largest absolute Gasteiger partial charge is 0.360 e. The summed E-state index contributed by atoms with van der Waals surface area (Å²) < 4.78 is 0. The molecule has 0 aliphatic heterocycles. The predicted molar refractivity (Wildman–Crippen MR) is 101 cm³/mol. The minimum atomic E-state index is -0.0187. The third kappa shape index (κ3) is 3.47. The zero-order chi connectivity index (χ0) is 17.8. The Bertz CT molecular complexity index is 1020. The molecule has 0 bridgehead atoms. The summed E-state index contributed by atoms with van der Waals surface area (Å²) in [4.78, 5) is 23.8. The summed E-state index contributed by atoms with van der Waals surface area (Å²) in [5.41, 5.74) is 6.03. The fraction of sp³-hybridized carbons (Fsp3) is 0.0952. The van der Waals surface area contributed by atoms with Crippen LogP contribution < -0.4 is 5.32 Å². The Balaban J connectivity index is 1.37. The van der Waals surface area contributed by atoms with E-state index in [1.165, 1.54) is 0 Å². The number of hydrogen-bond acceptors (Lipinski definition) is 3. The number of amides is 1. The highest BCUT2D eigenvalue weighted by atomic mass is 16.1. The van der Waals surface area contributed by atoms with Gasteiger partial charge in [0.25, 0.3) is 0 Å². The number of benzene rings is 1. The molecule has 4 rings (SSSR count). The maximum atomic E-state index is 12.3. The number of nitrogens with zero attached hydrogens (tertiary/aromatic N) is 2. The average Bonchev–Trinajstić information content (AvgIpc) is 3.10. The maximum absolute atomic E-state index is 12.3. The van der Waals surface area contributed by atoms with Gasteiger partial charge in [-0.05, 0) is 41.0 Å². The summed E-state index contributed by atoms with van der Waals surface area (Å²) in [6.45, 7) is 0.505. The van der Waals surface area contributed by atoms with Gasteiger partial charge in [-0.3, -0.25) is 14.8 Å². The summed E-state index contributed by atoms with van der Waals surface area (Å²) in [5, 5.41) is 2.97. The molecule has 5 nitrogen and oxygen atoms in total. The van der Waals surface area contributed by atoms with Crippen LogP contribution in [0.15, 0.2) is 73.3 Å². The van der Waals surface area contributed by atoms with E-state index in [2.05, 4.69) is 32.4 Å². The fourth-order valence-electron chi connectivity index (χ4n) is 2.94. The Morgan fingerprint density at radius 1 is 0.962 bits per heavy atom. The van der Waals surface area contributed by atoms with Gasteiger partial charge in [0.1, 0.15) is 0 Å². The molecule has 4 aromatic rings. The van der Waals surface area contributed by atoms with Crippen molar-refractivity contribution in [3.63, 3.8) is 0 Å². The van der Waals surface area contributed by atoms with Crippen molar-refractivity contribution in [2.45, 2.75) is 13.0 Å². The molecule has 3 aromatic heterocycles. The van der Waals surface area contributed by atoms with Gasteiger partial charge in [0.15, 0.2) is 0 Å². The smallest absolute Gasteiger partial charge is 0.224 e. The van der Waals surface area contributed by atoms with Crippen LogP contribution >= 0.6 is 0 Å². The van der Waals surface area contributed by atoms with Crippen LogP contribution in [0.25, 0.3) is 22.2 Å². The minimum absolute atomic E-state index is 0.0187. The molecule has 2 N–H and O–H groups in total. The minimum Gasteiger partial charge on any atom is -0.360 e. The van der Waals surface area contributed by atoms with Gasteiger partial charge in [-0.25, -0.2) is 0 Å². The first-order valence-corrected chi connectivity index (χ1v) is 8.46. The van der Waals surface area contributed by atoms with E-state index in [-0.39, 0.29) is 5.91 Å². The molecule has 3 heterocycles. The average molecular weight is 342 g/mol. The lowest BCUT2D eigenvalue weighted by Gasteiger charge is -2.07. The monoisotopic (exact) mass is 342 g/mol. The van der Waals surface area contributed by atoms with E-state index in [0.717, 1.165) is 33.3 Å². The summed E-state index contributed by atoms with van der Waals surface area (Å²) in [7, 11) is 0. The van der Waals surface area contributed by atoms with Crippen LogP contribution in [-0.4, -0.2) is 20.9 Å². The van der Waals surface area contributed by atoms with Crippen LogP contribution in [0.3, 0.4) is 0 Å². The van der Waals surface area contributed by atoms with Crippen molar-refractivity contribution in [3.05, 3.63) is 84.4 Å². The van der Waals surface area contributed by atoms with Gasteiger partial charge >= 0.3 is 0 Å². The number of carbonyl (C=O) groups excluding carboxylic acids is 1.